The minimum Gasteiger partial charge on any atom is -0.361 e. The molecule has 0 aliphatic rings. The van der Waals surface area contributed by atoms with Gasteiger partial charge in [0.1, 0.15) is 0 Å². The van der Waals surface area contributed by atoms with E-state index in [2.05, 4.69) is 30.2 Å². The van der Waals surface area contributed by atoms with Crippen molar-refractivity contribution in [2.24, 2.45) is 5.41 Å². The van der Waals surface area contributed by atoms with Crippen molar-refractivity contribution in [3.63, 3.8) is 0 Å². The lowest BCUT2D eigenvalue weighted by molar-refractivity contribution is 0.364. The van der Waals surface area contributed by atoms with Crippen LogP contribution in [0.25, 0.3) is 0 Å². The molecule has 1 rings (SSSR count). The van der Waals surface area contributed by atoms with Crippen molar-refractivity contribution >= 4 is 16.5 Å². The third-order valence-electron chi connectivity index (χ3n) is 2.06. The molecular weight excluding hydrogens is 194 g/mol. The van der Waals surface area contributed by atoms with Crippen molar-refractivity contribution in [3.8, 4) is 6.07 Å². The highest BCUT2D eigenvalue weighted by Gasteiger charge is 2.17. The molecule has 0 aliphatic carbocycles. The first kappa shape index (κ1) is 11.0. The minimum absolute atomic E-state index is 0.154. The Balaban J connectivity index is 2.33. The Bertz CT molecular complexity index is 298. The molecule has 76 valence electrons. The number of anilines is 1. The fourth-order valence-electron chi connectivity index (χ4n) is 1.11. The van der Waals surface area contributed by atoms with Crippen LogP contribution >= 0.6 is 11.3 Å². The van der Waals surface area contributed by atoms with Gasteiger partial charge in [-0.2, -0.15) is 5.26 Å². The zero-order chi connectivity index (χ0) is 10.4. The van der Waals surface area contributed by atoms with Gasteiger partial charge in [0.25, 0.3) is 0 Å². The summed E-state index contributed by atoms with van der Waals surface area (Å²) < 4.78 is 0. The van der Waals surface area contributed by atoms with E-state index < -0.39 is 0 Å². The van der Waals surface area contributed by atoms with E-state index in [1.54, 1.807) is 17.5 Å². The first-order valence-corrected chi connectivity index (χ1v) is 5.52. The van der Waals surface area contributed by atoms with E-state index in [1.165, 1.54) is 0 Å². The van der Waals surface area contributed by atoms with Crippen LogP contribution in [0.5, 0.6) is 0 Å². The van der Waals surface area contributed by atoms with E-state index in [4.69, 9.17) is 5.26 Å². The maximum Gasteiger partial charge on any atom is 0.182 e. The molecule has 0 spiro atoms. The van der Waals surface area contributed by atoms with E-state index >= 15 is 0 Å². The number of rotatable bonds is 5. The van der Waals surface area contributed by atoms with Gasteiger partial charge in [0.2, 0.25) is 0 Å². The number of hydrogen-bond acceptors (Lipinski definition) is 4. The Labute approximate surface area is 88.8 Å². The number of hydrogen-bond donors (Lipinski definition) is 1. The first-order chi connectivity index (χ1) is 6.64. The van der Waals surface area contributed by atoms with E-state index in [0.717, 1.165) is 18.1 Å². The second-order valence-electron chi connectivity index (χ2n) is 4.01. The van der Waals surface area contributed by atoms with Crippen LogP contribution in [0.15, 0.2) is 11.6 Å². The van der Waals surface area contributed by atoms with Gasteiger partial charge in [-0.15, -0.1) is 11.3 Å². The van der Waals surface area contributed by atoms with Gasteiger partial charge in [-0.25, -0.2) is 4.98 Å². The van der Waals surface area contributed by atoms with Crippen molar-refractivity contribution in [1.29, 1.82) is 5.26 Å². The van der Waals surface area contributed by atoms with Crippen LogP contribution in [0.2, 0.25) is 0 Å². The molecule has 1 N–H and O–H groups in total. The Morgan fingerprint density at radius 1 is 1.64 bits per heavy atom. The molecule has 1 aromatic rings. The second-order valence-corrected chi connectivity index (χ2v) is 4.91. The van der Waals surface area contributed by atoms with Crippen LogP contribution in [-0.2, 0) is 0 Å². The van der Waals surface area contributed by atoms with Crippen LogP contribution in [-0.4, -0.2) is 11.5 Å². The highest BCUT2D eigenvalue weighted by atomic mass is 32.1. The van der Waals surface area contributed by atoms with Crippen LogP contribution in [0, 0.1) is 16.7 Å². The monoisotopic (exact) mass is 209 g/mol. The quantitative estimate of drug-likeness (QED) is 0.811. The van der Waals surface area contributed by atoms with Gasteiger partial charge in [0, 0.05) is 24.5 Å². The summed E-state index contributed by atoms with van der Waals surface area (Å²) in [5.74, 6) is 0. The van der Waals surface area contributed by atoms with Crippen molar-refractivity contribution < 1.29 is 0 Å². The van der Waals surface area contributed by atoms with E-state index in [0.29, 0.717) is 6.42 Å². The molecule has 4 heteroatoms. The third kappa shape index (κ3) is 3.75. The largest absolute Gasteiger partial charge is 0.361 e. The van der Waals surface area contributed by atoms with Gasteiger partial charge in [0.05, 0.1) is 6.07 Å². The fourth-order valence-corrected chi connectivity index (χ4v) is 1.64. The molecular formula is C10H15N3S. The van der Waals surface area contributed by atoms with E-state index in [1.807, 2.05) is 5.38 Å². The molecule has 0 amide bonds. The Kier molecular flexibility index (Phi) is 3.90. The van der Waals surface area contributed by atoms with Gasteiger partial charge in [-0.3, -0.25) is 0 Å². The molecule has 0 radical (unpaired) electrons. The van der Waals surface area contributed by atoms with E-state index in [-0.39, 0.29) is 5.41 Å². The summed E-state index contributed by atoms with van der Waals surface area (Å²) in [6.45, 7) is 5.18. The Hall–Kier alpha value is -1.08. The Morgan fingerprint density at radius 2 is 2.43 bits per heavy atom. The number of nitriles is 1. The van der Waals surface area contributed by atoms with Gasteiger partial charge in [0.15, 0.2) is 5.13 Å². The average Bonchev–Trinajstić information content (AvgIpc) is 2.64. The summed E-state index contributed by atoms with van der Waals surface area (Å²) >= 11 is 1.60. The number of nitrogens with one attached hydrogen (secondary N) is 1. The molecule has 0 fully saturated rings. The second kappa shape index (κ2) is 4.97. The highest BCUT2D eigenvalue weighted by molar-refractivity contribution is 7.13. The SMILES string of the molecule is CC(C)(CCC#N)CNc1nccs1. The molecule has 14 heavy (non-hydrogen) atoms. The predicted molar refractivity (Wildman–Crippen MR) is 59.2 cm³/mol. The molecule has 0 aliphatic heterocycles. The van der Waals surface area contributed by atoms with Crippen molar-refractivity contribution in [2.45, 2.75) is 26.7 Å². The standard InChI is InChI=1S/C10H15N3S/c1-10(2,4-3-5-11)8-13-9-12-6-7-14-9/h6-7H,3-4,8H2,1-2H3,(H,12,13). The lowest BCUT2D eigenvalue weighted by Gasteiger charge is -2.23. The van der Waals surface area contributed by atoms with Gasteiger partial charge < -0.3 is 5.32 Å². The van der Waals surface area contributed by atoms with Crippen molar-refractivity contribution in [2.75, 3.05) is 11.9 Å². The maximum atomic E-state index is 8.50. The minimum atomic E-state index is 0.154. The summed E-state index contributed by atoms with van der Waals surface area (Å²) in [6, 6.07) is 2.18. The van der Waals surface area contributed by atoms with Gasteiger partial charge in [-0.1, -0.05) is 13.8 Å². The first-order valence-electron chi connectivity index (χ1n) is 4.64. The summed E-state index contributed by atoms with van der Waals surface area (Å²) in [5, 5.41) is 14.7. The van der Waals surface area contributed by atoms with Crippen molar-refractivity contribution in [1.82, 2.24) is 4.98 Å². The van der Waals surface area contributed by atoms with E-state index in [9.17, 15) is 0 Å². The normalized spacial score (nSPS) is 10.9. The summed E-state index contributed by atoms with van der Waals surface area (Å²) in [4.78, 5) is 4.14. The molecule has 0 unspecified atom stereocenters. The summed E-state index contributed by atoms with van der Waals surface area (Å²) in [6.07, 6.45) is 3.32. The zero-order valence-corrected chi connectivity index (χ0v) is 9.40. The molecule has 0 atom stereocenters. The molecule has 3 nitrogen and oxygen atoms in total. The molecule has 1 heterocycles. The average molecular weight is 209 g/mol. The fraction of sp³-hybridized carbons (Fsp3) is 0.600. The summed E-state index contributed by atoms with van der Waals surface area (Å²) in [5.41, 5.74) is 0.154. The predicted octanol–water partition coefficient (Wildman–Crippen LogP) is 2.88. The molecule has 0 saturated carbocycles. The molecule has 0 bridgehead atoms. The Morgan fingerprint density at radius 3 is 3.00 bits per heavy atom. The highest BCUT2D eigenvalue weighted by Crippen LogP contribution is 2.23. The number of nitrogens with zero attached hydrogens (tertiary/aromatic N) is 2. The van der Waals surface area contributed by atoms with Gasteiger partial charge >= 0.3 is 0 Å². The topological polar surface area (TPSA) is 48.7 Å². The molecule has 0 aromatic carbocycles. The zero-order valence-electron chi connectivity index (χ0n) is 8.58. The summed E-state index contributed by atoms with van der Waals surface area (Å²) in [7, 11) is 0. The van der Waals surface area contributed by atoms with Crippen LogP contribution in [0.3, 0.4) is 0 Å². The molecule has 0 saturated heterocycles. The van der Waals surface area contributed by atoms with Crippen LogP contribution in [0.4, 0.5) is 5.13 Å². The van der Waals surface area contributed by atoms with Crippen LogP contribution < -0.4 is 5.32 Å². The van der Waals surface area contributed by atoms with Crippen LogP contribution in [0.1, 0.15) is 26.7 Å². The lowest BCUT2D eigenvalue weighted by Crippen LogP contribution is -2.22. The molecule has 1 aromatic heterocycles. The maximum absolute atomic E-state index is 8.50. The number of aromatic nitrogens is 1. The lowest BCUT2D eigenvalue weighted by atomic mass is 9.88. The third-order valence-corrected chi connectivity index (χ3v) is 2.79. The van der Waals surface area contributed by atoms with Gasteiger partial charge in [-0.05, 0) is 11.8 Å². The van der Waals surface area contributed by atoms with Crippen molar-refractivity contribution in [3.05, 3.63) is 11.6 Å². The number of thiazole rings is 1. The smallest absolute Gasteiger partial charge is 0.182 e.